The topological polar surface area (TPSA) is 128 Å². The normalized spacial score (nSPS) is 20.1. The van der Waals surface area contributed by atoms with Crippen molar-refractivity contribution in [2.24, 2.45) is 11.1 Å². The molecule has 33 heavy (non-hydrogen) atoms. The Hall–Kier alpha value is -2.37. The summed E-state index contributed by atoms with van der Waals surface area (Å²) in [7, 11) is -3.92. The van der Waals surface area contributed by atoms with Gasteiger partial charge in [-0.2, -0.15) is 4.72 Å². The first-order chi connectivity index (χ1) is 15.7. The molecule has 1 aromatic carbocycles. The number of hydrogen-bond acceptors (Lipinski definition) is 7. The number of rotatable bonds is 8. The molecule has 3 N–H and O–H groups in total. The Balaban J connectivity index is 1.76. The van der Waals surface area contributed by atoms with Crippen LogP contribution in [0.3, 0.4) is 0 Å². The number of benzene rings is 1. The second-order valence-electron chi connectivity index (χ2n) is 8.26. The number of carbonyl (C=O) groups excluding carboxylic acids is 2. The number of amidine groups is 1. The third kappa shape index (κ3) is 6.36. The van der Waals surface area contributed by atoms with E-state index in [2.05, 4.69) is 20.9 Å². The van der Waals surface area contributed by atoms with E-state index in [1.165, 1.54) is 28.8 Å². The van der Waals surface area contributed by atoms with Gasteiger partial charge in [0.1, 0.15) is 12.1 Å². The predicted octanol–water partition coefficient (Wildman–Crippen LogP) is 2.33. The zero-order valence-electron chi connectivity index (χ0n) is 18.5. The lowest BCUT2D eigenvalue weighted by Crippen LogP contribution is -2.54. The second-order valence-corrected chi connectivity index (χ2v) is 10.9. The molecule has 1 aromatic rings. The first-order valence-electron chi connectivity index (χ1n) is 10.7. The number of hydrogen-bond donors (Lipinski definition) is 3. The summed E-state index contributed by atoms with van der Waals surface area (Å²) in [6.45, 7) is 4.13. The Labute approximate surface area is 198 Å². The maximum Gasteiger partial charge on any atom is 0.248 e. The number of carbonyl (C=O) groups is 2. The lowest BCUT2D eigenvalue weighted by Gasteiger charge is -2.29. The van der Waals surface area contributed by atoms with Crippen molar-refractivity contribution in [3.05, 3.63) is 47.1 Å². The summed E-state index contributed by atoms with van der Waals surface area (Å²) in [5.74, 6) is 2.11. The van der Waals surface area contributed by atoms with Crippen molar-refractivity contribution in [1.29, 1.82) is 0 Å². The monoisotopic (exact) mass is 492 g/mol. The molecule has 0 aliphatic carbocycles. The quantitative estimate of drug-likeness (QED) is 0.221. The average Bonchev–Trinajstić information content (AvgIpc) is 3.49. The number of amides is 2. The van der Waals surface area contributed by atoms with Gasteiger partial charge >= 0.3 is 0 Å². The van der Waals surface area contributed by atoms with E-state index in [4.69, 9.17) is 0 Å². The standard InChI is InChI=1S/C22H28N4O5S2/c1-15(2)14-17(25-33(30,31)16-8-4-3-5-9-16)22(28)26-12-6-10-18(26)21(27)23-20(24-29)19-11-7-13-32-19/h3-5,8-9,11,15,17-18,25,29H,6-7,10,12,14H2,1-2H3,(H,23,24,27)/t17-,18+/m1/s1. The number of oxime groups is 1. The third-order valence-corrected chi connectivity index (χ3v) is 7.70. The first kappa shape index (κ1) is 25.3. The van der Waals surface area contributed by atoms with Crippen LogP contribution in [0.25, 0.3) is 0 Å². The minimum atomic E-state index is -3.92. The molecule has 2 heterocycles. The highest BCUT2D eigenvalue weighted by Crippen LogP contribution is 2.29. The summed E-state index contributed by atoms with van der Waals surface area (Å²) in [6.07, 6.45) is 3.67. The lowest BCUT2D eigenvalue weighted by molar-refractivity contribution is -0.139. The van der Waals surface area contributed by atoms with Crippen LogP contribution < -0.4 is 10.0 Å². The Morgan fingerprint density at radius 3 is 2.64 bits per heavy atom. The number of thioether (sulfide) groups is 1. The molecule has 0 spiro atoms. The van der Waals surface area contributed by atoms with Gasteiger partial charge in [0.25, 0.3) is 0 Å². The van der Waals surface area contributed by atoms with Crippen LogP contribution in [0, 0.1) is 11.7 Å². The highest BCUT2D eigenvalue weighted by Gasteiger charge is 2.39. The van der Waals surface area contributed by atoms with Crippen LogP contribution in [0.2, 0.25) is 0 Å². The highest BCUT2D eigenvalue weighted by atomic mass is 32.2. The summed E-state index contributed by atoms with van der Waals surface area (Å²) in [6, 6.07) is 6.07. The van der Waals surface area contributed by atoms with Crippen LogP contribution in [-0.4, -0.2) is 54.8 Å². The van der Waals surface area contributed by atoms with Crippen LogP contribution in [0.15, 0.2) is 51.4 Å². The molecule has 178 valence electrons. The van der Waals surface area contributed by atoms with Crippen molar-refractivity contribution >= 4 is 39.4 Å². The predicted molar refractivity (Wildman–Crippen MR) is 126 cm³/mol. The zero-order chi connectivity index (χ0) is 24.0. The van der Waals surface area contributed by atoms with Crippen molar-refractivity contribution in [3.8, 4) is 0 Å². The Morgan fingerprint density at radius 2 is 2.03 bits per heavy atom. The molecule has 0 unspecified atom stereocenters. The van der Waals surface area contributed by atoms with E-state index in [1.807, 2.05) is 13.8 Å². The first-order valence-corrected chi connectivity index (χ1v) is 13.0. The number of allylic oxidation sites excluding steroid dienone is 1. The summed E-state index contributed by atoms with van der Waals surface area (Å²) < 4.78 is 28.3. The van der Waals surface area contributed by atoms with E-state index in [1.54, 1.807) is 24.3 Å². The number of sulfonamides is 1. The molecule has 0 bridgehead atoms. The SMILES string of the molecule is CC(C)C[C@@H](NS(=O)(=O)c1ccccc1)C(=O)N1CCC[C@H]1C(=O)NC(=NO)C1=CC[C]S1. The molecule has 2 atom stereocenters. The highest BCUT2D eigenvalue weighted by molar-refractivity contribution is 8.06. The van der Waals surface area contributed by atoms with Crippen LogP contribution in [-0.2, 0) is 19.6 Å². The van der Waals surface area contributed by atoms with Gasteiger partial charge in [0.2, 0.25) is 21.8 Å². The molecule has 3 rings (SSSR count). The van der Waals surface area contributed by atoms with E-state index in [-0.39, 0.29) is 23.1 Å². The van der Waals surface area contributed by atoms with Crippen molar-refractivity contribution < 1.29 is 23.2 Å². The Kier molecular flexibility index (Phi) is 8.55. The molecule has 11 heteroatoms. The third-order valence-electron chi connectivity index (χ3n) is 5.32. The molecule has 0 saturated carbocycles. The summed E-state index contributed by atoms with van der Waals surface area (Å²) in [5.41, 5.74) is 0. The molecular weight excluding hydrogens is 464 g/mol. The van der Waals surface area contributed by atoms with Gasteiger partial charge in [0.15, 0.2) is 5.84 Å². The molecular formula is C22H28N4O5S2. The van der Waals surface area contributed by atoms with Gasteiger partial charge in [-0.15, -0.1) is 11.8 Å². The fourth-order valence-electron chi connectivity index (χ4n) is 3.81. The van der Waals surface area contributed by atoms with Crippen LogP contribution in [0.1, 0.15) is 39.5 Å². The summed E-state index contributed by atoms with van der Waals surface area (Å²) >= 11 is 1.23. The van der Waals surface area contributed by atoms with E-state index in [0.29, 0.717) is 30.7 Å². The summed E-state index contributed by atoms with van der Waals surface area (Å²) in [5, 5.41) is 15.1. The summed E-state index contributed by atoms with van der Waals surface area (Å²) in [4.78, 5) is 28.4. The lowest BCUT2D eigenvalue weighted by atomic mass is 10.0. The fourth-order valence-corrected chi connectivity index (χ4v) is 5.71. The molecule has 1 fully saturated rings. The van der Waals surface area contributed by atoms with Gasteiger partial charge in [-0.25, -0.2) is 8.42 Å². The zero-order valence-corrected chi connectivity index (χ0v) is 20.2. The number of likely N-dealkylation sites (tertiary alicyclic amines) is 1. The number of nitrogens with zero attached hydrogens (tertiary/aromatic N) is 2. The molecule has 2 aliphatic heterocycles. The maximum atomic E-state index is 13.4. The van der Waals surface area contributed by atoms with Crippen molar-refractivity contribution in [2.75, 3.05) is 6.54 Å². The molecule has 2 radical (unpaired) electrons. The molecule has 1 saturated heterocycles. The molecule has 2 amide bonds. The van der Waals surface area contributed by atoms with E-state index in [9.17, 15) is 23.2 Å². The van der Waals surface area contributed by atoms with Gasteiger partial charge in [-0.1, -0.05) is 43.3 Å². The Morgan fingerprint density at radius 1 is 1.30 bits per heavy atom. The van der Waals surface area contributed by atoms with E-state index in [0.717, 1.165) is 0 Å². The van der Waals surface area contributed by atoms with Crippen LogP contribution in [0.4, 0.5) is 0 Å². The number of nitrogens with one attached hydrogen (secondary N) is 2. The smallest absolute Gasteiger partial charge is 0.248 e. The van der Waals surface area contributed by atoms with Crippen molar-refractivity contribution in [3.63, 3.8) is 0 Å². The van der Waals surface area contributed by atoms with Crippen LogP contribution in [0.5, 0.6) is 0 Å². The molecule has 0 aromatic heterocycles. The van der Waals surface area contributed by atoms with Gasteiger partial charge in [0.05, 0.1) is 15.6 Å². The average molecular weight is 493 g/mol. The van der Waals surface area contributed by atoms with Gasteiger partial charge in [-0.3, -0.25) is 9.59 Å². The molecule has 9 nitrogen and oxygen atoms in total. The maximum absolute atomic E-state index is 13.4. The fraction of sp³-hybridized carbons (Fsp3) is 0.455. The minimum absolute atomic E-state index is 0.0119. The van der Waals surface area contributed by atoms with Gasteiger partial charge < -0.3 is 15.4 Å². The van der Waals surface area contributed by atoms with Gasteiger partial charge in [0, 0.05) is 6.54 Å². The van der Waals surface area contributed by atoms with Crippen molar-refractivity contribution in [2.45, 2.75) is 56.5 Å². The van der Waals surface area contributed by atoms with E-state index < -0.39 is 33.9 Å². The Bertz CT molecular complexity index is 1020. The minimum Gasteiger partial charge on any atom is -0.409 e. The van der Waals surface area contributed by atoms with Gasteiger partial charge in [-0.05, 0) is 43.7 Å². The van der Waals surface area contributed by atoms with Crippen molar-refractivity contribution in [1.82, 2.24) is 14.9 Å². The largest absolute Gasteiger partial charge is 0.409 e. The van der Waals surface area contributed by atoms with Crippen LogP contribution >= 0.6 is 11.8 Å². The van der Waals surface area contributed by atoms with E-state index >= 15 is 0 Å². The molecule has 2 aliphatic rings. The second kappa shape index (κ2) is 11.2.